The first kappa shape index (κ1) is 18.1. The molecule has 3 rings (SSSR count). The van der Waals surface area contributed by atoms with Crippen molar-refractivity contribution in [1.82, 2.24) is 10.6 Å². The van der Waals surface area contributed by atoms with E-state index in [4.69, 9.17) is 0 Å². The van der Waals surface area contributed by atoms with Gasteiger partial charge in [-0.1, -0.05) is 30.3 Å². The molecule has 26 heavy (non-hydrogen) atoms. The summed E-state index contributed by atoms with van der Waals surface area (Å²) in [5, 5.41) is 8.93. The number of anilines is 1. The van der Waals surface area contributed by atoms with Crippen LogP contribution in [0.3, 0.4) is 0 Å². The molecule has 0 saturated carbocycles. The third kappa shape index (κ3) is 4.70. The molecule has 0 aliphatic carbocycles. The van der Waals surface area contributed by atoms with E-state index in [0.29, 0.717) is 17.2 Å². The summed E-state index contributed by atoms with van der Waals surface area (Å²) >= 11 is 0. The molecule has 1 aliphatic rings. The highest BCUT2D eigenvalue weighted by Gasteiger charge is 2.16. The number of likely N-dealkylation sites (N-methyl/N-ethyl adjacent to an activating group) is 1. The molecule has 0 radical (unpaired) electrons. The maximum absolute atomic E-state index is 12.7. The fourth-order valence-corrected chi connectivity index (χ4v) is 3.31. The Morgan fingerprint density at radius 1 is 1.15 bits per heavy atom. The van der Waals surface area contributed by atoms with E-state index in [9.17, 15) is 9.59 Å². The lowest BCUT2D eigenvalue weighted by atomic mass is 9.97. The van der Waals surface area contributed by atoms with Crippen molar-refractivity contribution in [3.63, 3.8) is 0 Å². The van der Waals surface area contributed by atoms with Gasteiger partial charge in [-0.05, 0) is 61.2 Å². The van der Waals surface area contributed by atoms with Crippen LogP contribution in [0.4, 0.5) is 5.69 Å². The van der Waals surface area contributed by atoms with Crippen LogP contribution >= 0.6 is 0 Å². The molecule has 0 bridgehead atoms. The minimum Gasteiger partial charge on any atom is -0.359 e. The van der Waals surface area contributed by atoms with Gasteiger partial charge in [-0.2, -0.15) is 0 Å². The molecule has 5 nitrogen and oxygen atoms in total. The Kier molecular flexibility index (Phi) is 6.02. The van der Waals surface area contributed by atoms with Crippen molar-refractivity contribution < 1.29 is 9.59 Å². The first-order valence-electron chi connectivity index (χ1n) is 9.05. The van der Waals surface area contributed by atoms with Gasteiger partial charge in [-0.3, -0.25) is 9.59 Å². The fourth-order valence-electron chi connectivity index (χ4n) is 3.31. The summed E-state index contributed by atoms with van der Waals surface area (Å²) in [7, 11) is 1.61. The molecule has 136 valence electrons. The van der Waals surface area contributed by atoms with E-state index in [1.807, 2.05) is 42.5 Å². The summed E-state index contributed by atoms with van der Waals surface area (Å²) in [6.07, 6.45) is 2.41. The molecule has 2 aromatic carbocycles. The lowest BCUT2D eigenvalue weighted by Gasteiger charge is -2.12. The highest BCUT2D eigenvalue weighted by molar-refractivity contribution is 6.05. The zero-order chi connectivity index (χ0) is 18.4. The summed E-state index contributed by atoms with van der Waals surface area (Å²) < 4.78 is 0. The van der Waals surface area contributed by atoms with Crippen molar-refractivity contribution in [3.8, 4) is 0 Å². The van der Waals surface area contributed by atoms with Crippen LogP contribution in [0.1, 0.15) is 27.9 Å². The molecular formula is C21H25N3O2. The van der Waals surface area contributed by atoms with Crippen LogP contribution < -0.4 is 16.0 Å². The minimum atomic E-state index is -0.152. The highest BCUT2D eigenvalue weighted by Crippen LogP contribution is 2.19. The van der Waals surface area contributed by atoms with Gasteiger partial charge in [-0.25, -0.2) is 0 Å². The van der Waals surface area contributed by atoms with E-state index in [0.717, 1.165) is 25.1 Å². The van der Waals surface area contributed by atoms with Crippen LogP contribution in [0, 0.1) is 5.92 Å². The second-order valence-corrected chi connectivity index (χ2v) is 6.72. The molecule has 1 atom stereocenters. The Morgan fingerprint density at radius 3 is 2.77 bits per heavy atom. The maximum Gasteiger partial charge on any atom is 0.255 e. The number of carbonyl (C=O) groups is 2. The minimum absolute atomic E-state index is 0.0844. The van der Waals surface area contributed by atoms with Crippen LogP contribution in [-0.2, 0) is 17.6 Å². The standard InChI is InChI=1S/C21H25N3O2/c1-22-20(25)13-17-6-2-3-8-19(17)24-21(26)18-7-4-5-15(12-18)11-16-9-10-23-14-16/h2-8,12,16,23H,9-11,13-14H2,1H3,(H,22,25)(H,24,26). The van der Waals surface area contributed by atoms with Crippen LogP contribution in [0.2, 0.25) is 0 Å². The molecule has 1 aliphatic heterocycles. The average Bonchev–Trinajstić information content (AvgIpc) is 3.16. The predicted molar refractivity (Wildman–Crippen MR) is 103 cm³/mol. The van der Waals surface area contributed by atoms with Crippen LogP contribution in [-0.4, -0.2) is 32.0 Å². The first-order chi connectivity index (χ1) is 12.7. The largest absolute Gasteiger partial charge is 0.359 e. The van der Waals surface area contributed by atoms with Gasteiger partial charge in [-0.15, -0.1) is 0 Å². The average molecular weight is 351 g/mol. The second-order valence-electron chi connectivity index (χ2n) is 6.72. The van der Waals surface area contributed by atoms with E-state index in [2.05, 4.69) is 22.0 Å². The SMILES string of the molecule is CNC(=O)Cc1ccccc1NC(=O)c1cccc(CC2CCNC2)c1. The van der Waals surface area contributed by atoms with Gasteiger partial charge in [0.1, 0.15) is 0 Å². The summed E-state index contributed by atoms with van der Waals surface area (Å²) in [5.74, 6) is 0.404. The van der Waals surface area contributed by atoms with E-state index in [1.54, 1.807) is 7.05 Å². The molecule has 2 amide bonds. The molecule has 2 aromatic rings. The Labute approximate surface area is 154 Å². The van der Waals surface area contributed by atoms with Crippen molar-refractivity contribution in [2.75, 3.05) is 25.5 Å². The maximum atomic E-state index is 12.7. The summed E-state index contributed by atoms with van der Waals surface area (Å²) in [5.41, 5.74) is 3.30. The van der Waals surface area contributed by atoms with Gasteiger partial charge in [0.2, 0.25) is 5.91 Å². The quantitative estimate of drug-likeness (QED) is 0.748. The van der Waals surface area contributed by atoms with Crippen molar-refractivity contribution in [2.45, 2.75) is 19.3 Å². The monoisotopic (exact) mass is 351 g/mol. The fraction of sp³-hybridized carbons (Fsp3) is 0.333. The van der Waals surface area contributed by atoms with Gasteiger partial charge in [0.25, 0.3) is 5.91 Å². The van der Waals surface area contributed by atoms with Gasteiger partial charge < -0.3 is 16.0 Å². The number of hydrogen-bond donors (Lipinski definition) is 3. The summed E-state index contributed by atoms with van der Waals surface area (Å²) in [6, 6.07) is 15.2. The Hall–Kier alpha value is -2.66. The summed E-state index contributed by atoms with van der Waals surface area (Å²) in [4.78, 5) is 24.4. The van der Waals surface area contributed by atoms with Gasteiger partial charge in [0.15, 0.2) is 0 Å². The molecule has 1 fully saturated rings. The first-order valence-corrected chi connectivity index (χ1v) is 9.05. The summed E-state index contributed by atoms with van der Waals surface area (Å²) in [6.45, 7) is 2.12. The molecule has 1 unspecified atom stereocenters. The van der Waals surface area contributed by atoms with Gasteiger partial charge in [0, 0.05) is 18.3 Å². The lowest BCUT2D eigenvalue weighted by molar-refractivity contribution is -0.119. The smallest absolute Gasteiger partial charge is 0.255 e. The number of carbonyl (C=O) groups excluding carboxylic acids is 2. The zero-order valence-corrected chi connectivity index (χ0v) is 15.0. The van der Waals surface area contributed by atoms with E-state index in [1.165, 1.54) is 12.0 Å². The molecular weight excluding hydrogens is 326 g/mol. The topological polar surface area (TPSA) is 70.2 Å². The number of benzene rings is 2. The second kappa shape index (κ2) is 8.63. The van der Waals surface area contributed by atoms with Crippen LogP contribution in [0.25, 0.3) is 0 Å². The lowest BCUT2D eigenvalue weighted by Crippen LogP contribution is -2.21. The van der Waals surface area contributed by atoms with Gasteiger partial charge in [0.05, 0.1) is 6.42 Å². The van der Waals surface area contributed by atoms with Crippen molar-refractivity contribution in [3.05, 3.63) is 65.2 Å². The number of rotatable bonds is 6. The van der Waals surface area contributed by atoms with E-state index in [-0.39, 0.29) is 18.2 Å². The molecule has 0 spiro atoms. The number of para-hydroxylation sites is 1. The number of amides is 2. The Bertz CT molecular complexity index is 782. The third-order valence-electron chi connectivity index (χ3n) is 4.77. The Morgan fingerprint density at radius 2 is 2.00 bits per heavy atom. The predicted octanol–water partition coefficient (Wildman–Crippen LogP) is 2.38. The van der Waals surface area contributed by atoms with Crippen LogP contribution in [0.15, 0.2) is 48.5 Å². The van der Waals surface area contributed by atoms with Gasteiger partial charge >= 0.3 is 0 Å². The van der Waals surface area contributed by atoms with Crippen molar-refractivity contribution in [1.29, 1.82) is 0 Å². The Balaban J connectivity index is 1.71. The number of nitrogens with one attached hydrogen (secondary N) is 3. The zero-order valence-electron chi connectivity index (χ0n) is 15.0. The van der Waals surface area contributed by atoms with Crippen LogP contribution in [0.5, 0.6) is 0 Å². The third-order valence-corrected chi connectivity index (χ3v) is 4.77. The molecule has 5 heteroatoms. The van der Waals surface area contributed by atoms with E-state index >= 15 is 0 Å². The highest BCUT2D eigenvalue weighted by atomic mass is 16.2. The molecule has 0 aromatic heterocycles. The van der Waals surface area contributed by atoms with Crippen molar-refractivity contribution >= 4 is 17.5 Å². The number of hydrogen-bond acceptors (Lipinski definition) is 3. The van der Waals surface area contributed by atoms with Crippen molar-refractivity contribution in [2.24, 2.45) is 5.92 Å². The normalized spacial score (nSPS) is 16.3. The molecule has 3 N–H and O–H groups in total. The molecule has 1 saturated heterocycles. The van der Waals surface area contributed by atoms with E-state index < -0.39 is 0 Å². The molecule has 1 heterocycles.